The lowest BCUT2D eigenvalue weighted by Crippen LogP contribution is -2.39. The fraction of sp³-hybridized carbons (Fsp3) is 0.846. The van der Waals surface area contributed by atoms with Crippen LogP contribution in [0.3, 0.4) is 0 Å². The van der Waals surface area contributed by atoms with Gasteiger partial charge < -0.3 is 20.1 Å². The van der Waals surface area contributed by atoms with Gasteiger partial charge in [-0.25, -0.2) is 4.79 Å². The number of carbonyl (C=O) groups is 2. The van der Waals surface area contributed by atoms with Gasteiger partial charge in [-0.1, -0.05) is 0 Å². The molecule has 0 aromatic carbocycles. The summed E-state index contributed by atoms with van der Waals surface area (Å²) in [6, 6.07) is 0.433. The summed E-state index contributed by atoms with van der Waals surface area (Å²) in [6.45, 7) is 2.32. The van der Waals surface area contributed by atoms with Crippen LogP contribution in [0, 0.1) is 0 Å². The zero-order chi connectivity index (χ0) is 13.7. The van der Waals surface area contributed by atoms with Crippen LogP contribution in [-0.4, -0.2) is 60.3 Å². The first-order chi connectivity index (χ1) is 9.13. The van der Waals surface area contributed by atoms with Crippen molar-refractivity contribution in [1.29, 1.82) is 0 Å². The van der Waals surface area contributed by atoms with Gasteiger partial charge in [0.2, 0.25) is 5.91 Å². The Labute approximate surface area is 113 Å². The molecule has 1 saturated heterocycles. The maximum Gasteiger partial charge on any atom is 0.329 e. The van der Waals surface area contributed by atoms with Crippen LogP contribution < -0.4 is 5.32 Å². The first kappa shape index (κ1) is 14.3. The third-order valence-corrected chi connectivity index (χ3v) is 3.57. The zero-order valence-corrected chi connectivity index (χ0v) is 11.1. The van der Waals surface area contributed by atoms with Crippen molar-refractivity contribution in [2.45, 2.75) is 44.2 Å². The summed E-state index contributed by atoms with van der Waals surface area (Å²) in [7, 11) is 0. The van der Waals surface area contributed by atoms with E-state index in [0.29, 0.717) is 12.5 Å². The summed E-state index contributed by atoms with van der Waals surface area (Å²) in [5.74, 6) is -0.772. The molecular formula is C13H22N2O4. The van der Waals surface area contributed by atoms with E-state index in [1.54, 1.807) is 0 Å². The number of hydrogen-bond acceptors (Lipinski definition) is 4. The number of piperidine rings is 1. The summed E-state index contributed by atoms with van der Waals surface area (Å²) in [5, 5.41) is 11.5. The molecule has 0 spiro atoms. The maximum atomic E-state index is 11.6. The minimum atomic E-state index is -0.917. The molecule has 0 aromatic rings. The van der Waals surface area contributed by atoms with Crippen molar-refractivity contribution in [2.24, 2.45) is 0 Å². The first-order valence-corrected chi connectivity index (χ1v) is 6.98. The number of carboxylic acid groups (broad SMARTS) is 1. The number of amides is 1. The molecule has 0 aromatic heterocycles. The van der Waals surface area contributed by atoms with E-state index in [1.807, 2.05) is 0 Å². The molecule has 1 aliphatic heterocycles. The largest absolute Gasteiger partial charge is 0.480 e. The van der Waals surface area contributed by atoms with Gasteiger partial charge >= 0.3 is 5.97 Å². The summed E-state index contributed by atoms with van der Waals surface area (Å²) in [6.07, 6.45) is 4.54. The summed E-state index contributed by atoms with van der Waals surface area (Å²) in [4.78, 5) is 24.2. The van der Waals surface area contributed by atoms with Crippen molar-refractivity contribution < 1.29 is 19.4 Å². The number of nitrogens with zero attached hydrogens (tertiary/aromatic N) is 1. The van der Waals surface area contributed by atoms with Crippen LogP contribution in [0.4, 0.5) is 0 Å². The third kappa shape index (κ3) is 5.57. The Morgan fingerprint density at radius 2 is 1.89 bits per heavy atom. The number of ether oxygens (including phenoxy) is 1. The van der Waals surface area contributed by atoms with Gasteiger partial charge in [-0.05, 0) is 25.7 Å². The average molecular weight is 270 g/mol. The summed E-state index contributed by atoms with van der Waals surface area (Å²) in [5.41, 5.74) is 0. The highest BCUT2D eigenvalue weighted by Crippen LogP contribution is 2.19. The van der Waals surface area contributed by atoms with Crippen molar-refractivity contribution in [2.75, 3.05) is 26.2 Å². The Balaban J connectivity index is 1.55. The van der Waals surface area contributed by atoms with Gasteiger partial charge in [0.25, 0.3) is 0 Å². The Kier molecular flexibility index (Phi) is 5.15. The van der Waals surface area contributed by atoms with E-state index in [1.165, 1.54) is 0 Å². The predicted molar refractivity (Wildman–Crippen MR) is 68.8 cm³/mol. The normalized spacial score (nSPS) is 21.3. The number of carboxylic acids is 1. The number of nitrogens with one attached hydrogen (secondary N) is 1. The molecule has 0 atom stereocenters. The van der Waals surface area contributed by atoms with Crippen LogP contribution in [0.5, 0.6) is 0 Å². The Morgan fingerprint density at radius 3 is 2.47 bits per heavy atom. The van der Waals surface area contributed by atoms with Crippen molar-refractivity contribution in [3.63, 3.8) is 0 Å². The van der Waals surface area contributed by atoms with Crippen LogP contribution in [0.25, 0.3) is 0 Å². The molecule has 108 valence electrons. The van der Waals surface area contributed by atoms with Crippen LogP contribution in [-0.2, 0) is 14.3 Å². The number of rotatable bonds is 7. The van der Waals surface area contributed by atoms with E-state index in [0.717, 1.165) is 45.3 Å². The summed E-state index contributed by atoms with van der Waals surface area (Å²) < 4.78 is 5.27. The fourth-order valence-corrected chi connectivity index (χ4v) is 2.28. The molecule has 0 unspecified atom stereocenters. The highest BCUT2D eigenvalue weighted by Gasteiger charge is 2.24. The molecule has 1 amide bonds. The molecule has 1 aliphatic carbocycles. The second-order valence-electron chi connectivity index (χ2n) is 5.34. The second kappa shape index (κ2) is 6.86. The molecule has 2 N–H and O–H groups in total. The fourth-order valence-electron chi connectivity index (χ4n) is 2.28. The molecular weight excluding hydrogens is 248 g/mol. The Morgan fingerprint density at radius 1 is 1.21 bits per heavy atom. The van der Waals surface area contributed by atoms with Crippen molar-refractivity contribution in [3.05, 3.63) is 0 Å². The van der Waals surface area contributed by atoms with E-state index in [2.05, 4.69) is 10.2 Å². The molecule has 0 bridgehead atoms. The molecule has 19 heavy (non-hydrogen) atoms. The van der Waals surface area contributed by atoms with Crippen molar-refractivity contribution in [1.82, 2.24) is 10.2 Å². The monoisotopic (exact) mass is 270 g/mol. The Hall–Kier alpha value is -1.14. The van der Waals surface area contributed by atoms with Crippen molar-refractivity contribution in [3.8, 4) is 0 Å². The van der Waals surface area contributed by atoms with E-state index >= 15 is 0 Å². The standard InChI is InChI=1S/C13H22N2O4/c16-12(14-10-1-2-10)5-8-15-6-3-11(4-7-15)19-9-13(17)18/h10-11H,1-9H2,(H,14,16)(H,17,18). The van der Waals surface area contributed by atoms with Crippen LogP contribution >= 0.6 is 0 Å². The van der Waals surface area contributed by atoms with Crippen LogP contribution in [0.15, 0.2) is 0 Å². The quantitative estimate of drug-likeness (QED) is 0.692. The SMILES string of the molecule is O=C(O)COC1CCN(CCC(=O)NC2CC2)CC1. The number of likely N-dealkylation sites (tertiary alicyclic amines) is 1. The van der Waals surface area contributed by atoms with E-state index in [4.69, 9.17) is 9.84 Å². The van der Waals surface area contributed by atoms with Gasteiger partial charge in [-0.3, -0.25) is 4.79 Å². The Bertz CT molecular complexity index is 323. The maximum absolute atomic E-state index is 11.6. The minimum absolute atomic E-state index is 0.0487. The molecule has 2 rings (SSSR count). The lowest BCUT2D eigenvalue weighted by Gasteiger charge is -2.31. The van der Waals surface area contributed by atoms with Crippen molar-refractivity contribution >= 4 is 11.9 Å². The lowest BCUT2D eigenvalue weighted by atomic mass is 10.1. The highest BCUT2D eigenvalue weighted by molar-refractivity contribution is 5.76. The van der Waals surface area contributed by atoms with E-state index in [9.17, 15) is 9.59 Å². The number of carbonyl (C=O) groups excluding carboxylic acids is 1. The van der Waals surface area contributed by atoms with Gasteiger partial charge in [0.05, 0.1) is 6.10 Å². The highest BCUT2D eigenvalue weighted by atomic mass is 16.5. The first-order valence-electron chi connectivity index (χ1n) is 6.98. The van der Waals surface area contributed by atoms with Gasteiger partial charge in [0, 0.05) is 32.1 Å². The molecule has 0 radical (unpaired) electrons. The third-order valence-electron chi connectivity index (χ3n) is 3.57. The van der Waals surface area contributed by atoms with Gasteiger partial charge in [0.1, 0.15) is 6.61 Å². The molecule has 2 fully saturated rings. The average Bonchev–Trinajstić information content (AvgIpc) is 3.19. The number of hydrogen-bond donors (Lipinski definition) is 2. The van der Waals surface area contributed by atoms with Gasteiger partial charge in [0.15, 0.2) is 0 Å². The topological polar surface area (TPSA) is 78.9 Å². The van der Waals surface area contributed by atoms with E-state index < -0.39 is 5.97 Å². The molecule has 1 saturated carbocycles. The summed E-state index contributed by atoms with van der Waals surface area (Å²) >= 11 is 0. The predicted octanol–water partition coefficient (Wildman–Crippen LogP) is 0.221. The minimum Gasteiger partial charge on any atom is -0.480 e. The number of aliphatic carboxylic acids is 1. The molecule has 6 heteroatoms. The van der Waals surface area contributed by atoms with Gasteiger partial charge in [-0.15, -0.1) is 0 Å². The lowest BCUT2D eigenvalue weighted by molar-refractivity contribution is -0.145. The van der Waals surface area contributed by atoms with Crippen LogP contribution in [0.1, 0.15) is 32.1 Å². The van der Waals surface area contributed by atoms with E-state index in [-0.39, 0.29) is 18.6 Å². The van der Waals surface area contributed by atoms with Crippen LogP contribution in [0.2, 0.25) is 0 Å². The second-order valence-corrected chi connectivity index (χ2v) is 5.34. The molecule has 2 aliphatic rings. The van der Waals surface area contributed by atoms with Gasteiger partial charge in [-0.2, -0.15) is 0 Å². The molecule has 1 heterocycles. The smallest absolute Gasteiger partial charge is 0.329 e. The zero-order valence-electron chi connectivity index (χ0n) is 11.1. The molecule has 6 nitrogen and oxygen atoms in total.